The molecule has 3 aromatic rings. The number of carbonyl (C=O) groups is 3. The monoisotopic (exact) mass is 480 g/mol. The van der Waals surface area contributed by atoms with Crippen molar-refractivity contribution in [1.29, 1.82) is 0 Å². The summed E-state index contributed by atoms with van der Waals surface area (Å²) in [5.74, 6) is -1.63. The molecule has 3 aromatic carbocycles. The molecule has 0 radical (unpaired) electrons. The number of halogens is 2. The van der Waals surface area contributed by atoms with Crippen LogP contribution in [-0.2, 0) is 16.2 Å². The predicted molar refractivity (Wildman–Crippen MR) is 125 cm³/mol. The molecule has 34 heavy (non-hydrogen) atoms. The minimum Gasteiger partial charge on any atom is -0.489 e. The number of benzene rings is 3. The van der Waals surface area contributed by atoms with Crippen molar-refractivity contribution in [3.63, 3.8) is 0 Å². The summed E-state index contributed by atoms with van der Waals surface area (Å²) in [4.78, 5) is 38.1. The zero-order valence-corrected chi connectivity index (χ0v) is 18.5. The molecule has 0 unspecified atom stereocenters. The number of thioether (sulfide) groups is 1. The molecule has 0 aromatic heterocycles. The molecule has 9 heteroatoms. The van der Waals surface area contributed by atoms with Crippen LogP contribution in [-0.4, -0.2) is 28.5 Å². The first kappa shape index (κ1) is 23.2. The summed E-state index contributed by atoms with van der Waals surface area (Å²) in [6, 6.07) is 18.5. The van der Waals surface area contributed by atoms with Gasteiger partial charge in [-0.2, -0.15) is 0 Å². The Labute approximate surface area is 198 Å². The summed E-state index contributed by atoms with van der Waals surface area (Å²) < 4.78 is 32.3. The number of para-hydroxylation sites is 1. The van der Waals surface area contributed by atoms with Gasteiger partial charge < -0.3 is 10.1 Å². The average Bonchev–Trinajstić information content (AvgIpc) is 3.08. The number of hydrogen-bond acceptors (Lipinski definition) is 5. The van der Waals surface area contributed by atoms with Gasteiger partial charge in [0.2, 0.25) is 5.91 Å². The SMILES string of the molecule is O=C(CN1C(=O)S/C(=C\c2ccc(OCc3ccc(F)cc3)cc2)C1=O)Nc1ccccc1F. The number of nitrogens with zero attached hydrogens (tertiary/aromatic N) is 1. The number of rotatable bonds is 7. The van der Waals surface area contributed by atoms with Crippen LogP contribution in [0.2, 0.25) is 0 Å². The Hall–Kier alpha value is -3.98. The fraction of sp³-hybridized carbons (Fsp3) is 0.0800. The van der Waals surface area contributed by atoms with Crippen LogP contribution in [0, 0.1) is 11.6 Å². The molecule has 1 saturated heterocycles. The number of anilines is 1. The molecule has 172 valence electrons. The lowest BCUT2D eigenvalue weighted by molar-refractivity contribution is -0.127. The van der Waals surface area contributed by atoms with Crippen molar-refractivity contribution < 1.29 is 27.9 Å². The minimum atomic E-state index is -0.684. The molecule has 0 bridgehead atoms. The molecule has 0 aliphatic carbocycles. The summed E-state index contributed by atoms with van der Waals surface area (Å²) in [5, 5.41) is 1.77. The number of nitrogens with one attached hydrogen (secondary N) is 1. The van der Waals surface area contributed by atoms with Gasteiger partial charge in [0.1, 0.15) is 30.5 Å². The Kier molecular flexibility index (Phi) is 7.03. The molecule has 1 aliphatic heterocycles. The van der Waals surface area contributed by atoms with Gasteiger partial charge in [-0.15, -0.1) is 0 Å². The van der Waals surface area contributed by atoms with Crippen LogP contribution in [0.4, 0.5) is 19.3 Å². The van der Waals surface area contributed by atoms with Gasteiger partial charge in [0.25, 0.3) is 11.1 Å². The molecule has 6 nitrogen and oxygen atoms in total. The van der Waals surface area contributed by atoms with Crippen molar-refractivity contribution in [2.24, 2.45) is 0 Å². The van der Waals surface area contributed by atoms with Crippen LogP contribution in [0.25, 0.3) is 6.08 Å². The summed E-state index contributed by atoms with van der Waals surface area (Å²) in [7, 11) is 0. The van der Waals surface area contributed by atoms with Crippen LogP contribution in [0.15, 0.2) is 77.7 Å². The maximum absolute atomic E-state index is 13.7. The lowest BCUT2D eigenvalue weighted by Crippen LogP contribution is -2.36. The van der Waals surface area contributed by atoms with Crippen molar-refractivity contribution in [3.8, 4) is 5.75 Å². The highest BCUT2D eigenvalue weighted by molar-refractivity contribution is 8.18. The third-order valence-electron chi connectivity index (χ3n) is 4.82. The van der Waals surface area contributed by atoms with E-state index in [2.05, 4.69) is 5.32 Å². The summed E-state index contributed by atoms with van der Waals surface area (Å²) in [5.41, 5.74) is 1.45. The van der Waals surface area contributed by atoms with E-state index in [1.807, 2.05) is 0 Å². The highest BCUT2D eigenvalue weighted by atomic mass is 32.2. The second-order valence-corrected chi connectivity index (χ2v) is 8.27. The van der Waals surface area contributed by atoms with Gasteiger partial charge in [-0.05, 0) is 65.4 Å². The normalized spacial score (nSPS) is 14.5. The molecule has 0 atom stereocenters. The summed E-state index contributed by atoms with van der Waals surface area (Å²) >= 11 is 0.724. The van der Waals surface area contributed by atoms with E-state index in [9.17, 15) is 23.2 Å². The third kappa shape index (κ3) is 5.68. The van der Waals surface area contributed by atoms with Gasteiger partial charge in [0.05, 0.1) is 10.6 Å². The smallest absolute Gasteiger partial charge is 0.294 e. The number of hydrogen-bond donors (Lipinski definition) is 1. The number of amides is 3. The van der Waals surface area contributed by atoms with Crippen molar-refractivity contribution in [2.75, 3.05) is 11.9 Å². The quantitative estimate of drug-likeness (QED) is 0.470. The van der Waals surface area contributed by atoms with E-state index in [-0.39, 0.29) is 23.0 Å². The summed E-state index contributed by atoms with van der Waals surface area (Å²) in [6.45, 7) is -0.250. The van der Waals surface area contributed by atoms with Crippen LogP contribution in [0.3, 0.4) is 0 Å². The van der Waals surface area contributed by atoms with Crippen LogP contribution >= 0.6 is 11.8 Å². The first-order chi connectivity index (χ1) is 16.4. The molecule has 1 N–H and O–H groups in total. The highest BCUT2D eigenvalue weighted by Crippen LogP contribution is 2.32. The Bertz CT molecular complexity index is 1260. The maximum Gasteiger partial charge on any atom is 0.294 e. The fourth-order valence-electron chi connectivity index (χ4n) is 3.09. The maximum atomic E-state index is 13.7. The van der Waals surface area contributed by atoms with Gasteiger partial charge in [-0.25, -0.2) is 8.78 Å². The van der Waals surface area contributed by atoms with Crippen molar-refractivity contribution in [3.05, 3.63) is 100 Å². The highest BCUT2D eigenvalue weighted by Gasteiger charge is 2.36. The molecule has 0 spiro atoms. The topological polar surface area (TPSA) is 75.7 Å². The zero-order chi connectivity index (χ0) is 24.1. The lowest BCUT2D eigenvalue weighted by atomic mass is 10.2. The van der Waals surface area contributed by atoms with Crippen LogP contribution in [0.1, 0.15) is 11.1 Å². The first-order valence-electron chi connectivity index (χ1n) is 10.2. The molecule has 4 rings (SSSR count). The fourth-order valence-corrected chi connectivity index (χ4v) is 3.93. The minimum absolute atomic E-state index is 0.0308. The largest absolute Gasteiger partial charge is 0.489 e. The molecule has 1 heterocycles. The van der Waals surface area contributed by atoms with Crippen LogP contribution in [0.5, 0.6) is 5.75 Å². The third-order valence-corrected chi connectivity index (χ3v) is 5.73. The molecular weight excluding hydrogens is 462 g/mol. The molecule has 3 amide bonds. The Morgan fingerprint density at radius 3 is 2.38 bits per heavy atom. The standard InChI is InChI=1S/C25H18F2N2O4S/c26-18-9-5-17(6-10-18)15-33-19-11-7-16(8-12-19)13-22-24(31)29(25(32)34-22)14-23(30)28-21-4-2-1-3-20(21)27/h1-13H,14-15H2,(H,28,30)/b22-13-. The van der Waals surface area contributed by atoms with Gasteiger partial charge in [0, 0.05) is 0 Å². The average molecular weight is 480 g/mol. The summed E-state index contributed by atoms with van der Waals surface area (Å²) in [6.07, 6.45) is 1.55. The Balaban J connectivity index is 1.36. The van der Waals surface area contributed by atoms with E-state index in [4.69, 9.17) is 4.74 Å². The van der Waals surface area contributed by atoms with E-state index in [0.717, 1.165) is 22.2 Å². The van der Waals surface area contributed by atoms with Gasteiger partial charge in [-0.3, -0.25) is 19.3 Å². The number of carbonyl (C=O) groups excluding carboxylic acids is 3. The molecule has 1 fully saturated rings. The van der Waals surface area contributed by atoms with Crippen molar-refractivity contribution in [1.82, 2.24) is 4.90 Å². The van der Waals surface area contributed by atoms with E-state index in [0.29, 0.717) is 11.3 Å². The van der Waals surface area contributed by atoms with Gasteiger partial charge in [0.15, 0.2) is 0 Å². The van der Waals surface area contributed by atoms with Gasteiger partial charge in [-0.1, -0.05) is 36.4 Å². The Morgan fingerprint density at radius 2 is 1.68 bits per heavy atom. The second-order valence-electron chi connectivity index (χ2n) is 7.28. The van der Waals surface area contributed by atoms with Crippen molar-refractivity contribution in [2.45, 2.75) is 6.61 Å². The molecule has 0 saturated carbocycles. The van der Waals surface area contributed by atoms with E-state index < -0.39 is 29.4 Å². The zero-order valence-electron chi connectivity index (χ0n) is 17.7. The van der Waals surface area contributed by atoms with Gasteiger partial charge >= 0.3 is 0 Å². The van der Waals surface area contributed by atoms with E-state index >= 15 is 0 Å². The number of imide groups is 1. The number of ether oxygens (including phenoxy) is 1. The lowest BCUT2D eigenvalue weighted by Gasteiger charge is -2.12. The second kappa shape index (κ2) is 10.3. The first-order valence-corrected chi connectivity index (χ1v) is 11.0. The molecule has 1 aliphatic rings. The van der Waals surface area contributed by atoms with Crippen molar-refractivity contribution >= 4 is 40.6 Å². The Morgan fingerprint density at radius 1 is 0.971 bits per heavy atom. The van der Waals surface area contributed by atoms with Crippen LogP contribution < -0.4 is 10.1 Å². The predicted octanol–water partition coefficient (Wildman–Crippen LogP) is 5.22. The van der Waals surface area contributed by atoms with E-state index in [1.165, 1.54) is 30.3 Å². The molecular formula is C25H18F2N2O4S. The van der Waals surface area contributed by atoms with E-state index in [1.54, 1.807) is 48.5 Å².